The first-order valence-electron chi connectivity index (χ1n) is 9.59. The van der Waals surface area contributed by atoms with Gasteiger partial charge in [0.25, 0.3) is 0 Å². The SMILES string of the molecule is Cn1nc(NC(=O)[C@H](Cc2ccccc2)NCc2cncs2)cc1-c1ccncc1. The second-order valence-electron chi connectivity index (χ2n) is 6.85. The monoisotopic (exact) mass is 418 g/mol. The molecule has 0 radical (unpaired) electrons. The van der Waals surface area contributed by atoms with Crippen molar-refractivity contribution in [3.8, 4) is 11.3 Å². The van der Waals surface area contributed by atoms with E-state index in [4.69, 9.17) is 0 Å². The molecule has 0 unspecified atom stereocenters. The number of thiazole rings is 1. The average molecular weight is 419 g/mol. The number of nitrogens with one attached hydrogen (secondary N) is 2. The molecule has 1 atom stereocenters. The van der Waals surface area contributed by atoms with Crippen LogP contribution in [0.2, 0.25) is 0 Å². The Bertz CT molecular complexity index is 1080. The van der Waals surface area contributed by atoms with E-state index in [0.29, 0.717) is 18.8 Å². The van der Waals surface area contributed by atoms with Gasteiger partial charge in [-0.15, -0.1) is 11.3 Å². The minimum absolute atomic E-state index is 0.122. The Hall–Kier alpha value is -3.36. The Morgan fingerprint density at radius 1 is 1.13 bits per heavy atom. The molecule has 152 valence electrons. The van der Waals surface area contributed by atoms with Crippen LogP contribution in [0.25, 0.3) is 11.3 Å². The molecular formula is C22H22N6OS. The molecule has 4 rings (SSSR count). The van der Waals surface area contributed by atoms with E-state index in [9.17, 15) is 4.79 Å². The van der Waals surface area contributed by atoms with E-state index < -0.39 is 6.04 Å². The summed E-state index contributed by atoms with van der Waals surface area (Å²) in [5, 5.41) is 10.8. The summed E-state index contributed by atoms with van der Waals surface area (Å²) in [6.45, 7) is 0.583. The van der Waals surface area contributed by atoms with Crippen LogP contribution in [0.4, 0.5) is 5.82 Å². The molecule has 0 bridgehead atoms. The van der Waals surface area contributed by atoms with E-state index in [1.54, 1.807) is 33.9 Å². The van der Waals surface area contributed by atoms with E-state index in [1.165, 1.54) is 0 Å². The Kier molecular flexibility index (Phi) is 6.26. The highest BCUT2D eigenvalue weighted by Gasteiger charge is 2.20. The predicted octanol–water partition coefficient (Wildman–Crippen LogP) is 3.28. The van der Waals surface area contributed by atoms with Crippen molar-refractivity contribution >= 4 is 23.1 Å². The lowest BCUT2D eigenvalue weighted by Gasteiger charge is -2.17. The molecule has 0 saturated heterocycles. The molecule has 0 fully saturated rings. The van der Waals surface area contributed by atoms with Gasteiger partial charge in [-0.3, -0.25) is 19.4 Å². The third-order valence-corrected chi connectivity index (χ3v) is 5.49. The highest BCUT2D eigenvalue weighted by molar-refractivity contribution is 7.09. The number of amides is 1. The van der Waals surface area contributed by atoms with Gasteiger partial charge in [-0.05, 0) is 24.1 Å². The zero-order chi connectivity index (χ0) is 20.8. The van der Waals surface area contributed by atoms with Gasteiger partial charge in [-0.2, -0.15) is 5.10 Å². The molecule has 0 aliphatic carbocycles. The summed E-state index contributed by atoms with van der Waals surface area (Å²) in [6, 6.07) is 15.3. The van der Waals surface area contributed by atoms with Crippen molar-refractivity contribution in [1.29, 1.82) is 0 Å². The molecule has 1 aromatic carbocycles. The molecule has 0 spiro atoms. The minimum atomic E-state index is -0.402. The number of nitrogens with zero attached hydrogens (tertiary/aromatic N) is 4. The third-order valence-electron chi connectivity index (χ3n) is 4.71. The quantitative estimate of drug-likeness (QED) is 0.459. The second kappa shape index (κ2) is 9.43. The summed E-state index contributed by atoms with van der Waals surface area (Å²) in [5.41, 5.74) is 4.78. The van der Waals surface area contributed by atoms with Gasteiger partial charge in [0, 0.05) is 48.7 Å². The van der Waals surface area contributed by atoms with Gasteiger partial charge in [0.1, 0.15) is 0 Å². The number of hydrogen-bond donors (Lipinski definition) is 2. The van der Waals surface area contributed by atoms with E-state index in [-0.39, 0.29) is 5.91 Å². The minimum Gasteiger partial charge on any atom is -0.308 e. The molecule has 8 heteroatoms. The van der Waals surface area contributed by atoms with Crippen LogP contribution < -0.4 is 10.6 Å². The first kappa shape index (κ1) is 19.9. The van der Waals surface area contributed by atoms with Crippen molar-refractivity contribution < 1.29 is 4.79 Å². The molecule has 30 heavy (non-hydrogen) atoms. The maximum atomic E-state index is 13.1. The summed E-state index contributed by atoms with van der Waals surface area (Å²) in [6.07, 6.45) is 5.87. The number of aromatic nitrogens is 4. The molecule has 7 nitrogen and oxygen atoms in total. The number of pyridine rings is 1. The van der Waals surface area contributed by atoms with Crippen molar-refractivity contribution in [3.63, 3.8) is 0 Å². The average Bonchev–Trinajstić information content (AvgIpc) is 3.42. The molecule has 0 aliphatic rings. The Balaban J connectivity index is 1.49. The zero-order valence-corrected chi connectivity index (χ0v) is 17.3. The van der Waals surface area contributed by atoms with Crippen molar-refractivity contribution in [2.75, 3.05) is 5.32 Å². The Labute approximate surface area is 178 Å². The van der Waals surface area contributed by atoms with Gasteiger partial charge < -0.3 is 10.6 Å². The largest absolute Gasteiger partial charge is 0.308 e. The molecule has 0 aliphatic heterocycles. The van der Waals surface area contributed by atoms with Crippen molar-refractivity contribution in [2.24, 2.45) is 7.05 Å². The van der Waals surface area contributed by atoms with Crippen LogP contribution in [-0.4, -0.2) is 31.7 Å². The number of carbonyl (C=O) groups is 1. The lowest BCUT2D eigenvalue weighted by Crippen LogP contribution is -2.41. The van der Waals surface area contributed by atoms with Gasteiger partial charge in [0.05, 0.1) is 17.2 Å². The highest BCUT2D eigenvalue weighted by Crippen LogP contribution is 2.21. The van der Waals surface area contributed by atoms with Crippen molar-refractivity contribution in [1.82, 2.24) is 25.1 Å². The van der Waals surface area contributed by atoms with Crippen LogP contribution in [0.1, 0.15) is 10.4 Å². The first-order valence-corrected chi connectivity index (χ1v) is 10.5. The standard InChI is InChI=1S/C22H22N6OS/c1-28-20(17-7-9-23-10-8-17)12-21(27-28)26-22(29)19(11-16-5-3-2-4-6-16)25-14-18-13-24-15-30-18/h2-10,12-13,15,19,25H,11,14H2,1H3,(H,26,27,29)/t19-/m0/s1. The van der Waals surface area contributed by atoms with E-state index >= 15 is 0 Å². The number of carbonyl (C=O) groups excluding carboxylic acids is 1. The van der Waals surface area contributed by atoms with Crippen molar-refractivity contribution in [2.45, 2.75) is 19.0 Å². The number of hydrogen-bond acceptors (Lipinski definition) is 6. The van der Waals surface area contributed by atoms with Crippen LogP contribution in [0.5, 0.6) is 0 Å². The van der Waals surface area contributed by atoms with Gasteiger partial charge in [-0.1, -0.05) is 30.3 Å². The number of benzene rings is 1. The van der Waals surface area contributed by atoms with Crippen LogP contribution in [-0.2, 0) is 24.8 Å². The van der Waals surface area contributed by atoms with Crippen molar-refractivity contribution in [3.05, 3.63) is 83.1 Å². The fraction of sp³-hybridized carbons (Fsp3) is 0.182. The van der Waals surface area contributed by atoms with Crippen LogP contribution in [0.15, 0.2) is 72.6 Å². The molecular weight excluding hydrogens is 396 g/mol. The first-order chi connectivity index (χ1) is 14.7. The van der Waals surface area contributed by atoms with Gasteiger partial charge in [0.2, 0.25) is 5.91 Å². The molecule has 3 aromatic heterocycles. The van der Waals surface area contributed by atoms with Crippen LogP contribution in [0.3, 0.4) is 0 Å². The summed E-state index contributed by atoms with van der Waals surface area (Å²) in [4.78, 5) is 22.3. The smallest absolute Gasteiger partial charge is 0.243 e. The fourth-order valence-electron chi connectivity index (χ4n) is 3.20. The summed E-state index contributed by atoms with van der Waals surface area (Å²) < 4.78 is 1.75. The highest BCUT2D eigenvalue weighted by atomic mass is 32.1. The second-order valence-corrected chi connectivity index (χ2v) is 7.83. The Morgan fingerprint density at radius 2 is 1.93 bits per heavy atom. The zero-order valence-electron chi connectivity index (χ0n) is 16.5. The topological polar surface area (TPSA) is 84.7 Å². The van der Waals surface area contributed by atoms with Crippen LogP contribution in [0, 0.1) is 0 Å². The van der Waals surface area contributed by atoms with Gasteiger partial charge in [0.15, 0.2) is 5.82 Å². The normalized spacial score (nSPS) is 11.9. The molecule has 2 N–H and O–H groups in total. The summed E-state index contributed by atoms with van der Waals surface area (Å²) >= 11 is 1.56. The third kappa shape index (κ3) is 4.97. The van der Waals surface area contributed by atoms with E-state index in [0.717, 1.165) is 21.7 Å². The number of aryl methyl sites for hydroxylation is 1. The van der Waals surface area contributed by atoms with Gasteiger partial charge >= 0.3 is 0 Å². The van der Waals surface area contributed by atoms with E-state index in [2.05, 4.69) is 25.7 Å². The maximum Gasteiger partial charge on any atom is 0.243 e. The van der Waals surface area contributed by atoms with E-state index in [1.807, 2.05) is 61.8 Å². The molecule has 3 heterocycles. The lowest BCUT2D eigenvalue weighted by atomic mass is 10.1. The maximum absolute atomic E-state index is 13.1. The number of anilines is 1. The lowest BCUT2D eigenvalue weighted by molar-refractivity contribution is -0.118. The molecule has 0 saturated carbocycles. The fourth-order valence-corrected chi connectivity index (χ4v) is 3.74. The summed E-state index contributed by atoms with van der Waals surface area (Å²) in [5.74, 6) is 0.398. The Morgan fingerprint density at radius 3 is 2.67 bits per heavy atom. The van der Waals surface area contributed by atoms with Gasteiger partial charge in [-0.25, -0.2) is 0 Å². The predicted molar refractivity (Wildman–Crippen MR) is 118 cm³/mol. The number of rotatable bonds is 8. The molecule has 4 aromatic rings. The van der Waals surface area contributed by atoms with Crippen LogP contribution >= 0.6 is 11.3 Å². The summed E-state index contributed by atoms with van der Waals surface area (Å²) in [7, 11) is 1.86. The molecule has 1 amide bonds.